The molecule has 0 atom stereocenters. The maximum absolute atomic E-state index is 13.2. The summed E-state index contributed by atoms with van der Waals surface area (Å²) in [6.45, 7) is 0. The molecule has 0 aliphatic rings. The molecule has 1 heterocycles. The van der Waals surface area contributed by atoms with E-state index in [1.54, 1.807) is 5.38 Å². The lowest BCUT2D eigenvalue weighted by Gasteiger charge is -1.97. The van der Waals surface area contributed by atoms with Gasteiger partial charge in [-0.1, -0.05) is 11.6 Å². The van der Waals surface area contributed by atoms with Gasteiger partial charge in [-0.05, 0) is 12.1 Å². The van der Waals surface area contributed by atoms with Gasteiger partial charge in [-0.25, -0.2) is 13.8 Å². The maximum Gasteiger partial charge on any atom is 0.140 e. The van der Waals surface area contributed by atoms with E-state index < -0.39 is 11.6 Å². The van der Waals surface area contributed by atoms with Crippen molar-refractivity contribution in [2.75, 3.05) is 0 Å². The monoisotopic (exact) mass is 231 g/mol. The van der Waals surface area contributed by atoms with Gasteiger partial charge in [0.1, 0.15) is 21.8 Å². The van der Waals surface area contributed by atoms with Crippen molar-refractivity contribution in [3.05, 3.63) is 40.4 Å². The summed E-state index contributed by atoms with van der Waals surface area (Å²) in [5.41, 5.74) is 0.267. The highest BCUT2D eigenvalue weighted by atomic mass is 35.5. The fourth-order valence-electron chi connectivity index (χ4n) is 1.04. The third-order valence-electron chi connectivity index (χ3n) is 1.64. The zero-order chi connectivity index (χ0) is 10.1. The lowest BCUT2D eigenvalue weighted by Crippen LogP contribution is -1.85. The molecule has 0 saturated carbocycles. The molecule has 0 radical (unpaired) electrons. The van der Waals surface area contributed by atoms with Gasteiger partial charge in [-0.3, -0.25) is 0 Å². The highest BCUT2D eigenvalue weighted by Gasteiger charge is 2.09. The Kier molecular flexibility index (Phi) is 2.48. The van der Waals surface area contributed by atoms with Crippen molar-refractivity contribution in [3.63, 3.8) is 0 Å². The quantitative estimate of drug-likeness (QED) is 0.729. The van der Waals surface area contributed by atoms with E-state index >= 15 is 0 Å². The van der Waals surface area contributed by atoms with Gasteiger partial charge >= 0.3 is 0 Å². The molecular formula is C9H4ClF2NS. The zero-order valence-electron chi connectivity index (χ0n) is 6.80. The largest absolute Gasteiger partial charge is 0.224 e. The van der Waals surface area contributed by atoms with E-state index in [0.717, 1.165) is 6.07 Å². The van der Waals surface area contributed by atoms with Crippen LogP contribution in [0.3, 0.4) is 0 Å². The number of aromatic nitrogens is 1. The Morgan fingerprint density at radius 2 is 2.07 bits per heavy atom. The number of halogens is 3. The normalized spacial score (nSPS) is 10.5. The zero-order valence-corrected chi connectivity index (χ0v) is 8.37. The van der Waals surface area contributed by atoms with Crippen LogP contribution in [0.5, 0.6) is 0 Å². The average Bonchev–Trinajstić information content (AvgIpc) is 2.51. The molecule has 0 saturated heterocycles. The van der Waals surface area contributed by atoms with Gasteiger partial charge in [-0.2, -0.15) is 0 Å². The molecule has 0 fully saturated rings. The third kappa shape index (κ3) is 1.76. The second kappa shape index (κ2) is 3.63. The van der Waals surface area contributed by atoms with Gasteiger partial charge in [0.25, 0.3) is 0 Å². The lowest BCUT2D eigenvalue weighted by molar-refractivity contribution is 0.585. The molecule has 2 aromatic rings. The molecule has 2 rings (SSSR count). The highest BCUT2D eigenvalue weighted by molar-refractivity contribution is 7.13. The van der Waals surface area contributed by atoms with Gasteiger partial charge in [0, 0.05) is 17.0 Å². The summed E-state index contributed by atoms with van der Waals surface area (Å²) in [4.78, 5) is 3.89. The molecule has 72 valence electrons. The number of hydrogen-bond acceptors (Lipinski definition) is 2. The highest BCUT2D eigenvalue weighted by Crippen LogP contribution is 2.28. The van der Waals surface area contributed by atoms with Crippen LogP contribution in [0.1, 0.15) is 0 Å². The van der Waals surface area contributed by atoms with Crippen LogP contribution in [-0.4, -0.2) is 4.98 Å². The summed E-state index contributed by atoms with van der Waals surface area (Å²) in [5.74, 6) is -1.23. The van der Waals surface area contributed by atoms with Gasteiger partial charge in [0.15, 0.2) is 0 Å². The lowest BCUT2D eigenvalue weighted by atomic mass is 10.2. The van der Waals surface area contributed by atoms with Crippen LogP contribution < -0.4 is 0 Å². The van der Waals surface area contributed by atoms with Crippen LogP contribution in [0, 0.1) is 11.6 Å². The Hall–Kier alpha value is -1.00. The Balaban J connectivity index is 2.52. The van der Waals surface area contributed by atoms with E-state index in [2.05, 4.69) is 4.98 Å². The first kappa shape index (κ1) is 9.55. The molecule has 0 unspecified atom stereocenters. The number of thiazole rings is 1. The molecule has 0 aliphatic heterocycles. The van der Waals surface area contributed by atoms with E-state index in [1.165, 1.54) is 23.5 Å². The molecule has 0 bridgehead atoms. The second-order valence-corrected chi connectivity index (χ2v) is 3.84. The van der Waals surface area contributed by atoms with Crippen LogP contribution in [0.4, 0.5) is 8.78 Å². The minimum Gasteiger partial charge on any atom is -0.224 e. The fraction of sp³-hybridized carbons (Fsp3) is 0. The summed E-state index contributed by atoms with van der Waals surface area (Å²) < 4.78 is 25.8. The number of nitrogens with zero attached hydrogens (tertiary/aromatic N) is 1. The maximum atomic E-state index is 13.2. The second-order valence-electron chi connectivity index (χ2n) is 2.60. The van der Waals surface area contributed by atoms with E-state index in [-0.39, 0.29) is 5.56 Å². The summed E-state index contributed by atoms with van der Waals surface area (Å²) in [6, 6.07) is 3.36. The van der Waals surface area contributed by atoms with Crippen molar-refractivity contribution < 1.29 is 8.78 Å². The standard InChI is InChI=1S/C9H4ClF2NS/c10-8-4-14-9(13-8)6-2-1-5(11)3-7(6)12/h1-4H. The molecule has 0 amide bonds. The van der Waals surface area contributed by atoms with Gasteiger partial charge < -0.3 is 0 Å². The minimum atomic E-state index is -0.629. The summed E-state index contributed by atoms with van der Waals surface area (Å²) in [6.07, 6.45) is 0. The van der Waals surface area contributed by atoms with Crippen molar-refractivity contribution in [2.45, 2.75) is 0 Å². The fourth-order valence-corrected chi connectivity index (χ4v) is 2.01. The smallest absolute Gasteiger partial charge is 0.140 e. The summed E-state index contributed by atoms with van der Waals surface area (Å²) in [5, 5.41) is 2.36. The van der Waals surface area contributed by atoms with Crippen LogP contribution in [-0.2, 0) is 0 Å². The van der Waals surface area contributed by atoms with Gasteiger partial charge in [0.2, 0.25) is 0 Å². The van der Waals surface area contributed by atoms with Crippen LogP contribution in [0.15, 0.2) is 23.6 Å². The van der Waals surface area contributed by atoms with Crippen molar-refractivity contribution in [3.8, 4) is 10.6 Å². The van der Waals surface area contributed by atoms with E-state index in [4.69, 9.17) is 11.6 Å². The minimum absolute atomic E-state index is 0.267. The average molecular weight is 232 g/mol. The Bertz CT molecular complexity index is 470. The van der Waals surface area contributed by atoms with E-state index in [1.807, 2.05) is 0 Å². The topological polar surface area (TPSA) is 12.9 Å². The predicted molar refractivity (Wildman–Crippen MR) is 52.5 cm³/mol. The molecule has 1 aromatic carbocycles. The van der Waals surface area contributed by atoms with Crippen molar-refractivity contribution in [1.29, 1.82) is 0 Å². The molecule has 1 nitrogen and oxygen atoms in total. The van der Waals surface area contributed by atoms with E-state index in [0.29, 0.717) is 10.2 Å². The summed E-state index contributed by atoms with van der Waals surface area (Å²) in [7, 11) is 0. The molecule has 0 spiro atoms. The molecule has 5 heteroatoms. The van der Waals surface area contributed by atoms with Crippen LogP contribution in [0.25, 0.3) is 10.6 Å². The molecule has 1 aromatic heterocycles. The molecule has 0 N–H and O–H groups in total. The molecule has 14 heavy (non-hydrogen) atoms. The SMILES string of the molecule is Fc1ccc(-c2nc(Cl)cs2)c(F)c1. The third-order valence-corrected chi connectivity index (χ3v) is 2.84. The van der Waals surface area contributed by atoms with Crippen molar-refractivity contribution >= 4 is 22.9 Å². The van der Waals surface area contributed by atoms with Gasteiger partial charge in [0.05, 0.1) is 0 Å². The number of benzene rings is 1. The van der Waals surface area contributed by atoms with Crippen LogP contribution in [0.2, 0.25) is 5.15 Å². The summed E-state index contributed by atoms with van der Waals surface area (Å²) >= 11 is 6.81. The van der Waals surface area contributed by atoms with E-state index in [9.17, 15) is 8.78 Å². The van der Waals surface area contributed by atoms with Crippen molar-refractivity contribution in [1.82, 2.24) is 4.98 Å². The predicted octanol–water partition coefficient (Wildman–Crippen LogP) is 3.74. The first-order valence-corrected chi connectivity index (χ1v) is 4.99. The Morgan fingerprint density at radius 1 is 1.29 bits per heavy atom. The van der Waals surface area contributed by atoms with Crippen LogP contribution >= 0.6 is 22.9 Å². The number of rotatable bonds is 1. The van der Waals surface area contributed by atoms with Crippen molar-refractivity contribution in [2.24, 2.45) is 0 Å². The molecular weight excluding hydrogens is 228 g/mol. The van der Waals surface area contributed by atoms with Gasteiger partial charge in [-0.15, -0.1) is 11.3 Å². The Labute approximate surface area is 88.0 Å². The first-order chi connectivity index (χ1) is 6.66. The Morgan fingerprint density at radius 3 is 2.64 bits per heavy atom. The molecule has 0 aliphatic carbocycles. The number of hydrogen-bond donors (Lipinski definition) is 0. The first-order valence-electron chi connectivity index (χ1n) is 3.73.